The van der Waals surface area contributed by atoms with Gasteiger partial charge in [-0.15, -0.1) is 5.10 Å². The third-order valence-electron chi connectivity index (χ3n) is 3.25. The van der Waals surface area contributed by atoms with Gasteiger partial charge in [0.1, 0.15) is 12.4 Å². The number of benzene rings is 1. The molecule has 0 fully saturated rings. The van der Waals surface area contributed by atoms with E-state index in [0.29, 0.717) is 16.2 Å². The number of nitrogens with zero attached hydrogens (tertiary/aromatic N) is 7. The first kappa shape index (κ1) is 16.0. The Balaban J connectivity index is 1.83. The molecule has 3 rings (SSSR count). The van der Waals surface area contributed by atoms with Gasteiger partial charge in [-0.3, -0.25) is 10.1 Å². The van der Waals surface area contributed by atoms with Crippen LogP contribution in [0.2, 0.25) is 0 Å². The van der Waals surface area contributed by atoms with Crippen LogP contribution in [0.3, 0.4) is 0 Å². The van der Waals surface area contributed by atoms with Gasteiger partial charge in [0, 0.05) is 0 Å². The Morgan fingerprint density at radius 2 is 1.83 bits per heavy atom. The summed E-state index contributed by atoms with van der Waals surface area (Å²) in [6.45, 7) is 4.25. The fraction of sp³-hybridized carbons (Fsp3) is 0.214. The summed E-state index contributed by atoms with van der Waals surface area (Å²) < 4.78 is 1.57. The second kappa shape index (κ2) is 6.71. The lowest BCUT2D eigenvalue weighted by Crippen LogP contribution is -2.00. The Hall–Kier alpha value is -2.88. The standard InChI is InChI=1S/C14H13N7O2S/c1-9(2)10-3-5-11(6-4-10)20-14(17-18-19-20)24-13-15-7-12(8-16-13)21(22)23/h3-9H,1-2H3. The zero-order valence-electron chi connectivity index (χ0n) is 12.9. The molecular formula is C14H13N7O2S. The molecule has 1 aromatic carbocycles. The van der Waals surface area contributed by atoms with Crippen molar-refractivity contribution in [1.29, 1.82) is 0 Å². The van der Waals surface area contributed by atoms with Crippen molar-refractivity contribution < 1.29 is 4.92 Å². The number of aromatic nitrogens is 6. The van der Waals surface area contributed by atoms with E-state index < -0.39 is 4.92 Å². The van der Waals surface area contributed by atoms with Gasteiger partial charge in [-0.2, -0.15) is 4.68 Å². The molecule has 0 spiro atoms. The van der Waals surface area contributed by atoms with Crippen LogP contribution in [0.4, 0.5) is 5.69 Å². The number of nitro groups is 1. The maximum Gasteiger partial charge on any atom is 0.305 e. The second-order valence-corrected chi connectivity index (χ2v) is 6.14. The van der Waals surface area contributed by atoms with Gasteiger partial charge in [-0.1, -0.05) is 26.0 Å². The molecule has 0 amide bonds. The lowest BCUT2D eigenvalue weighted by molar-refractivity contribution is -0.385. The van der Waals surface area contributed by atoms with Gasteiger partial charge in [0.2, 0.25) is 5.16 Å². The molecule has 0 aliphatic rings. The molecule has 0 saturated heterocycles. The zero-order chi connectivity index (χ0) is 17.1. The second-order valence-electron chi connectivity index (χ2n) is 5.20. The van der Waals surface area contributed by atoms with Crippen LogP contribution in [0, 0.1) is 10.1 Å². The molecule has 0 aliphatic heterocycles. The fourth-order valence-electron chi connectivity index (χ4n) is 1.94. The molecule has 0 radical (unpaired) electrons. The van der Waals surface area contributed by atoms with Crippen LogP contribution in [-0.4, -0.2) is 35.1 Å². The summed E-state index contributed by atoms with van der Waals surface area (Å²) in [5, 5.41) is 23.0. The minimum absolute atomic E-state index is 0.164. The molecular weight excluding hydrogens is 330 g/mol. The summed E-state index contributed by atoms with van der Waals surface area (Å²) in [6, 6.07) is 7.93. The summed E-state index contributed by atoms with van der Waals surface area (Å²) in [5.74, 6) is 0.440. The molecule has 0 saturated carbocycles. The number of hydrogen-bond acceptors (Lipinski definition) is 8. The summed E-state index contributed by atoms with van der Waals surface area (Å²) in [7, 11) is 0. The van der Waals surface area contributed by atoms with Gasteiger partial charge in [-0.05, 0) is 45.8 Å². The van der Waals surface area contributed by atoms with Crippen LogP contribution < -0.4 is 0 Å². The summed E-state index contributed by atoms with van der Waals surface area (Å²) in [6.07, 6.45) is 2.31. The predicted octanol–water partition coefficient (Wildman–Crippen LogP) is 2.64. The summed E-state index contributed by atoms with van der Waals surface area (Å²) in [5.41, 5.74) is 1.87. The Kier molecular flexibility index (Phi) is 4.47. The minimum Gasteiger partial charge on any atom is -0.258 e. The van der Waals surface area contributed by atoms with Crippen LogP contribution in [0.25, 0.3) is 5.69 Å². The molecule has 0 N–H and O–H groups in total. The van der Waals surface area contributed by atoms with E-state index in [-0.39, 0.29) is 5.69 Å². The van der Waals surface area contributed by atoms with E-state index in [2.05, 4.69) is 39.3 Å². The first-order valence-corrected chi connectivity index (χ1v) is 7.89. The highest BCUT2D eigenvalue weighted by Crippen LogP contribution is 2.25. The molecule has 9 nitrogen and oxygen atoms in total. The van der Waals surface area contributed by atoms with Gasteiger partial charge < -0.3 is 0 Å². The van der Waals surface area contributed by atoms with Crippen LogP contribution in [0.1, 0.15) is 25.3 Å². The molecule has 0 unspecified atom stereocenters. The number of rotatable bonds is 5. The van der Waals surface area contributed by atoms with Crippen molar-refractivity contribution in [1.82, 2.24) is 30.2 Å². The van der Waals surface area contributed by atoms with E-state index in [9.17, 15) is 10.1 Å². The molecule has 3 aromatic rings. The van der Waals surface area contributed by atoms with Crippen LogP contribution in [0.15, 0.2) is 47.0 Å². The zero-order valence-corrected chi connectivity index (χ0v) is 13.7. The molecule has 2 aromatic heterocycles. The number of hydrogen-bond donors (Lipinski definition) is 0. The van der Waals surface area contributed by atoms with E-state index >= 15 is 0 Å². The average molecular weight is 343 g/mol. The van der Waals surface area contributed by atoms with E-state index in [4.69, 9.17) is 0 Å². The van der Waals surface area contributed by atoms with Crippen molar-refractivity contribution in [3.63, 3.8) is 0 Å². The predicted molar refractivity (Wildman–Crippen MR) is 86.1 cm³/mol. The molecule has 24 heavy (non-hydrogen) atoms. The highest BCUT2D eigenvalue weighted by Gasteiger charge is 2.14. The van der Waals surface area contributed by atoms with Crippen LogP contribution in [0.5, 0.6) is 0 Å². The summed E-state index contributed by atoms with van der Waals surface area (Å²) in [4.78, 5) is 18.0. The maximum absolute atomic E-state index is 10.6. The van der Waals surface area contributed by atoms with Crippen molar-refractivity contribution in [2.45, 2.75) is 30.1 Å². The molecule has 0 bridgehead atoms. The Morgan fingerprint density at radius 3 is 2.42 bits per heavy atom. The molecule has 0 atom stereocenters. The molecule has 0 aliphatic carbocycles. The first-order valence-electron chi connectivity index (χ1n) is 7.07. The van der Waals surface area contributed by atoms with Crippen molar-refractivity contribution >= 4 is 17.4 Å². The first-order chi connectivity index (χ1) is 11.5. The SMILES string of the molecule is CC(C)c1ccc(-n2nnnc2Sc2ncc([N+](=O)[O-])cn2)cc1. The summed E-state index contributed by atoms with van der Waals surface area (Å²) >= 11 is 1.13. The van der Waals surface area contributed by atoms with E-state index in [0.717, 1.165) is 29.8 Å². The van der Waals surface area contributed by atoms with E-state index in [1.807, 2.05) is 24.3 Å². The van der Waals surface area contributed by atoms with Gasteiger partial charge in [0.15, 0.2) is 5.16 Å². The van der Waals surface area contributed by atoms with Gasteiger partial charge >= 0.3 is 5.69 Å². The third kappa shape index (κ3) is 3.38. The van der Waals surface area contributed by atoms with E-state index in [1.165, 1.54) is 5.56 Å². The third-order valence-corrected chi connectivity index (χ3v) is 4.08. The molecule has 2 heterocycles. The van der Waals surface area contributed by atoms with Gasteiger partial charge in [-0.25, -0.2) is 9.97 Å². The molecule has 10 heteroatoms. The van der Waals surface area contributed by atoms with Gasteiger partial charge in [0.25, 0.3) is 0 Å². The molecule has 122 valence electrons. The minimum atomic E-state index is -0.547. The highest BCUT2D eigenvalue weighted by atomic mass is 32.2. The smallest absolute Gasteiger partial charge is 0.258 e. The van der Waals surface area contributed by atoms with Crippen LogP contribution >= 0.6 is 11.8 Å². The lowest BCUT2D eigenvalue weighted by atomic mass is 10.0. The Bertz CT molecular complexity index is 846. The van der Waals surface area contributed by atoms with Gasteiger partial charge in [0.05, 0.1) is 10.6 Å². The quantitative estimate of drug-likeness (QED) is 0.395. The number of tetrazole rings is 1. The van der Waals surface area contributed by atoms with Crippen molar-refractivity contribution in [2.75, 3.05) is 0 Å². The van der Waals surface area contributed by atoms with Crippen molar-refractivity contribution in [3.05, 3.63) is 52.3 Å². The van der Waals surface area contributed by atoms with Crippen molar-refractivity contribution in [2.24, 2.45) is 0 Å². The van der Waals surface area contributed by atoms with Crippen LogP contribution in [-0.2, 0) is 0 Å². The Labute approximate surface area is 141 Å². The highest BCUT2D eigenvalue weighted by molar-refractivity contribution is 7.99. The normalized spacial score (nSPS) is 11.0. The topological polar surface area (TPSA) is 113 Å². The van der Waals surface area contributed by atoms with Crippen molar-refractivity contribution in [3.8, 4) is 5.69 Å². The average Bonchev–Trinajstić information content (AvgIpc) is 3.03. The lowest BCUT2D eigenvalue weighted by Gasteiger charge is -2.07. The monoisotopic (exact) mass is 343 g/mol. The Morgan fingerprint density at radius 1 is 1.17 bits per heavy atom. The van der Waals surface area contributed by atoms with E-state index in [1.54, 1.807) is 4.68 Å². The largest absolute Gasteiger partial charge is 0.305 e. The maximum atomic E-state index is 10.6. The fourth-order valence-corrected chi connectivity index (χ4v) is 2.62.